The molecule has 136 valence electrons. The van der Waals surface area contributed by atoms with Crippen molar-refractivity contribution in [1.29, 1.82) is 0 Å². The lowest BCUT2D eigenvalue weighted by molar-refractivity contribution is -0.123. The van der Waals surface area contributed by atoms with E-state index < -0.39 is 0 Å². The molecule has 4 rings (SSSR count). The lowest BCUT2D eigenvalue weighted by Gasteiger charge is -2.46. The standard InChI is InChI=1S/C19H20FN3O2S/c1-21-10-17(24)23(16-6-9-26-11-16)13-19(21)7-8-22(12-19)18(25)14-2-4-15(20)5-3-14/h2-6,9,11H,7-8,10,12-13H2,1H3/t19-/m0/s1. The number of hydrogen-bond acceptors (Lipinski definition) is 4. The minimum absolute atomic E-state index is 0.0832. The molecule has 2 aliphatic rings. The fraction of sp³-hybridized carbons (Fsp3) is 0.368. The van der Waals surface area contributed by atoms with Crippen molar-refractivity contribution in [3.63, 3.8) is 0 Å². The van der Waals surface area contributed by atoms with Gasteiger partial charge in [-0.3, -0.25) is 14.5 Å². The average Bonchev–Trinajstić information content (AvgIpc) is 3.29. The number of likely N-dealkylation sites (N-methyl/N-ethyl adjacent to an activating group) is 1. The van der Waals surface area contributed by atoms with Gasteiger partial charge in [-0.1, -0.05) is 0 Å². The maximum absolute atomic E-state index is 13.1. The highest BCUT2D eigenvalue weighted by atomic mass is 32.1. The van der Waals surface area contributed by atoms with Gasteiger partial charge in [0, 0.05) is 30.6 Å². The normalized spacial score (nSPS) is 23.8. The molecular formula is C19H20FN3O2S. The zero-order valence-electron chi connectivity index (χ0n) is 14.5. The van der Waals surface area contributed by atoms with Gasteiger partial charge in [0.25, 0.3) is 5.91 Å². The number of rotatable bonds is 2. The molecule has 1 aromatic heterocycles. The number of nitrogens with zero attached hydrogens (tertiary/aromatic N) is 3. The first-order valence-corrected chi connectivity index (χ1v) is 9.51. The van der Waals surface area contributed by atoms with Crippen molar-refractivity contribution < 1.29 is 14.0 Å². The number of piperazine rings is 1. The molecule has 5 nitrogen and oxygen atoms in total. The van der Waals surface area contributed by atoms with E-state index in [1.165, 1.54) is 24.3 Å². The van der Waals surface area contributed by atoms with E-state index in [0.29, 0.717) is 31.7 Å². The Morgan fingerprint density at radius 2 is 1.96 bits per heavy atom. The summed E-state index contributed by atoms with van der Waals surface area (Å²) in [5.41, 5.74) is 1.18. The van der Waals surface area contributed by atoms with Crippen molar-refractivity contribution in [2.75, 3.05) is 38.1 Å². The summed E-state index contributed by atoms with van der Waals surface area (Å²) in [5.74, 6) is -0.356. The van der Waals surface area contributed by atoms with Gasteiger partial charge in [0.1, 0.15) is 5.82 Å². The van der Waals surface area contributed by atoms with Crippen LogP contribution in [0.2, 0.25) is 0 Å². The Balaban J connectivity index is 1.54. The van der Waals surface area contributed by atoms with E-state index in [1.807, 2.05) is 33.7 Å². The Morgan fingerprint density at radius 3 is 2.65 bits per heavy atom. The summed E-state index contributed by atoms with van der Waals surface area (Å²) in [4.78, 5) is 31.0. The second-order valence-electron chi connectivity index (χ2n) is 7.03. The highest BCUT2D eigenvalue weighted by Gasteiger charge is 2.48. The summed E-state index contributed by atoms with van der Waals surface area (Å²) in [6, 6.07) is 7.62. The third-order valence-corrected chi connectivity index (χ3v) is 6.13. The van der Waals surface area contributed by atoms with Crippen LogP contribution in [-0.4, -0.2) is 60.4 Å². The molecule has 1 spiro atoms. The van der Waals surface area contributed by atoms with Crippen LogP contribution in [-0.2, 0) is 4.79 Å². The third-order valence-electron chi connectivity index (χ3n) is 5.46. The van der Waals surface area contributed by atoms with Crippen molar-refractivity contribution in [3.05, 3.63) is 52.5 Å². The van der Waals surface area contributed by atoms with Gasteiger partial charge in [0.2, 0.25) is 5.91 Å². The Hall–Kier alpha value is -2.25. The average molecular weight is 373 g/mol. The van der Waals surface area contributed by atoms with Crippen molar-refractivity contribution >= 4 is 28.8 Å². The van der Waals surface area contributed by atoms with Gasteiger partial charge in [-0.15, -0.1) is 0 Å². The molecule has 26 heavy (non-hydrogen) atoms. The van der Waals surface area contributed by atoms with Gasteiger partial charge in [-0.05, 0) is 49.2 Å². The molecule has 2 saturated heterocycles. The lowest BCUT2D eigenvalue weighted by Crippen LogP contribution is -2.64. The molecule has 1 atom stereocenters. The highest BCUT2D eigenvalue weighted by molar-refractivity contribution is 7.08. The molecule has 0 N–H and O–H groups in total. The number of anilines is 1. The maximum atomic E-state index is 13.1. The fourth-order valence-corrected chi connectivity index (χ4v) is 4.49. The molecule has 1 aromatic carbocycles. The van der Waals surface area contributed by atoms with Crippen LogP contribution in [0.15, 0.2) is 41.1 Å². The molecule has 0 unspecified atom stereocenters. The molecule has 3 heterocycles. The van der Waals surface area contributed by atoms with Crippen molar-refractivity contribution in [1.82, 2.24) is 9.80 Å². The number of hydrogen-bond donors (Lipinski definition) is 0. The fourth-order valence-electron chi connectivity index (χ4n) is 3.85. The number of benzene rings is 1. The van der Waals surface area contributed by atoms with Crippen LogP contribution < -0.4 is 4.90 Å². The monoisotopic (exact) mass is 373 g/mol. The lowest BCUT2D eigenvalue weighted by atomic mass is 9.93. The summed E-state index contributed by atoms with van der Waals surface area (Å²) >= 11 is 1.57. The van der Waals surface area contributed by atoms with Gasteiger partial charge >= 0.3 is 0 Å². The summed E-state index contributed by atoms with van der Waals surface area (Å²) in [5, 5.41) is 3.94. The second-order valence-corrected chi connectivity index (χ2v) is 7.81. The van der Waals surface area contributed by atoms with Gasteiger partial charge in [-0.25, -0.2) is 4.39 Å². The third kappa shape index (κ3) is 2.91. The molecule has 0 aliphatic carbocycles. The van der Waals surface area contributed by atoms with Crippen LogP contribution in [0.3, 0.4) is 0 Å². The minimum Gasteiger partial charge on any atom is -0.337 e. The summed E-state index contributed by atoms with van der Waals surface area (Å²) in [7, 11) is 1.95. The Labute approximate surface area is 155 Å². The Kier molecular flexibility index (Phi) is 4.28. The van der Waals surface area contributed by atoms with Gasteiger partial charge in [0.05, 0.1) is 17.8 Å². The van der Waals surface area contributed by atoms with E-state index >= 15 is 0 Å². The number of halogens is 1. The van der Waals surface area contributed by atoms with E-state index in [4.69, 9.17) is 0 Å². The van der Waals surface area contributed by atoms with E-state index in [1.54, 1.807) is 11.3 Å². The Morgan fingerprint density at radius 1 is 1.19 bits per heavy atom. The number of thiophene rings is 1. The predicted molar refractivity (Wildman–Crippen MR) is 99.0 cm³/mol. The zero-order valence-corrected chi connectivity index (χ0v) is 15.3. The smallest absolute Gasteiger partial charge is 0.253 e. The molecule has 7 heteroatoms. The van der Waals surface area contributed by atoms with Crippen LogP contribution in [0.4, 0.5) is 10.1 Å². The van der Waals surface area contributed by atoms with Crippen LogP contribution in [0.5, 0.6) is 0 Å². The number of amides is 2. The van der Waals surface area contributed by atoms with Crippen LogP contribution in [0, 0.1) is 5.82 Å². The molecule has 2 aliphatic heterocycles. The second kappa shape index (κ2) is 6.48. The summed E-state index contributed by atoms with van der Waals surface area (Å²) in [6.45, 7) is 2.11. The van der Waals surface area contributed by atoms with Gasteiger partial charge in [0.15, 0.2) is 0 Å². The van der Waals surface area contributed by atoms with E-state index in [-0.39, 0.29) is 23.2 Å². The van der Waals surface area contributed by atoms with Crippen LogP contribution in [0.25, 0.3) is 0 Å². The van der Waals surface area contributed by atoms with Crippen molar-refractivity contribution in [3.8, 4) is 0 Å². The van der Waals surface area contributed by atoms with Gasteiger partial charge < -0.3 is 9.80 Å². The molecule has 0 radical (unpaired) electrons. The first kappa shape index (κ1) is 17.2. The largest absolute Gasteiger partial charge is 0.337 e. The molecule has 2 aromatic rings. The molecule has 0 saturated carbocycles. The summed E-state index contributed by atoms with van der Waals surface area (Å²) in [6.07, 6.45) is 0.810. The first-order valence-electron chi connectivity index (χ1n) is 8.57. The van der Waals surface area contributed by atoms with Crippen molar-refractivity contribution in [2.45, 2.75) is 12.0 Å². The molecule has 0 bridgehead atoms. The molecular weight excluding hydrogens is 353 g/mol. The SMILES string of the molecule is CN1CC(=O)N(c2ccsc2)C[C@@]12CCN(C(=O)c1ccc(F)cc1)C2. The number of likely N-dealkylation sites (tertiary alicyclic amines) is 1. The van der Waals surface area contributed by atoms with E-state index in [0.717, 1.165) is 12.1 Å². The quantitative estimate of drug-likeness (QED) is 0.812. The maximum Gasteiger partial charge on any atom is 0.253 e. The zero-order chi connectivity index (χ0) is 18.3. The van der Waals surface area contributed by atoms with Crippen LogP contribution >= 0.6 is 11.3 Å². The van der Waals surface area contributed by atoms with Crippen molar-refractivity contribution in [2.24, 2.45) is 0 Å². The predicted octanol–water partition coefficient (Wildman–Crippen LogP) is 2.45. The van der Waals surface area contributed by atoms with Gasteiger partial charge in [-0.2, -0.15) is 11.3 Å². The van der Waals surface area contributed by atoms with Crippen LogP contribution in [0.1, 0.15) is 16.8 Å². The number of carbonyl (C=O) groups is 2. The Bertz CT molecular complexity index is 824. The highest BCUT2D eigenvalue weighted by Crippen LogP contribution is 2.34. The topological polar surface area (TPSA) is 43.9 Å². The number of carbonyl (C=O) groups excluding carboxylic acids is 2. The van der Waals surface area contributed by atoms with E-state index in [9.17, 15) is 14.0 Å². The summed E-state index contributed by atoms with van der Waals surface area (Å²) < 4.78 is 13.1. The molecule has 2 amide bonds. The van der Waals surface area contributed by atoms with E-state index in [2.05, 4.69) is 4.90 Å². The molecule has 2 fully saturated rings. The minimum atomic E-state index is -0.351. The first-order chi connectivity index (χ1) is 12.5.